The number of ether oxygens (including phenoxy) is 2. The Hall–Kier alpha value is -2.59. The first-order chi connectivity index (χ1) is 11.9. The third-order valence-corrected chi connectivity index (χ3v) is 4.14. The molecule has 0 fully saturated rings. The summed E-state index contributed by atoms with van der Waals surface area (Å²) in [6.45, 7) is 3.37. The minimum atomic E-state index is -0.981. The van der Waals surface area contributed by atoms with E-state index in [4.69, 9.17) is 9.47 Å². The van der Waals surface area contributed by atoms with Crippen molar-refractivity contribution in [3.63, 3.8) is 0 Å². The molecule has 0 aromatic heterocycles. The van der Waals surface area contributed by atoms with Crippen molar-refractivity contribution in [1.82, 2.24) is 0 Å². The number of Topliss-reactive ketones (excluding diaryl/α,β-unsaturated/α-hetero) is 1. The lowest BCUT2D eigenvalue weighted by Gasteiger charge is -2.27. The van der Waals surface area contributed by atoms with E-state index in [1.807, 2.05) is 30.3 Å². The summed E-state index contributed by atoms with van der Waals surface area (Å²) in [5, 5.41) is 9.99. The molecular weight excluding hydrogens is 316 g/mol. The quantitative estimate of drug-likeness (QED) is 0.908. The fraction of sp³-hybridized carbons (Fsp3) is 0.286. The second kappa shape index (κ2) is 6.73. The predicted molar refractivity (Wildman–Crippen MR) is 97.1 cm³/mol. The van der Waals surface area contributed by atoms with Crippen LogP contribution in [0.15, 0.2) is 48.5 Å². The Kier molecular flexibility index (Phi) is 4.64. The van der Waals surface area contributed by atoms with E-state index in [1.54, 1.807) is 45.2 Å². The molecule has 2 aromatic carbocycles. The van der Waals surface area contributed by atoms with Gasteiger partial charge in [-0.25, -0.2) is 0 Å². The van der Waals surface area contributed by atoms with E-state index >= 15 is 0 Å². The largest absolute Gasteiger partial charge is 0.496 e. The molecule has 1 atom stereocenters. The number of aliphatic hydroxyl groups is 1. The number of fused-ring (bicyclic) bond motifs is 1. The summed E-state index contributed by atoms with van der Waals surface area (Å²) < 4.78 is 11.6. The van der Waals surface area contributed by atoms with Gasteiger partial charge in [-0.1, -0.05) is 36.4 Å². The second-order valence-electron chi connectivity index (χ2n) is 6.69. The van der Waals surface area contributed by atoms with Crippen molar-refractivity contribution in [2.45, 2.75) is 32.0 Å². The smallest absolute Gasteiger partial charge is 0.170 e. The van der Waals surface area contributed by atoms with Gasteiger partial charge >= 0.3 is 0 Å². The highest BCUT2D eigenvalue weighted by Crippen LogP contribution is 2.41. The van der Waals surface area contributed by atoms with Crippen LogP contribution in [0.5, 0.6) is 11.5 Å². The molecule has 2 aromatic rings. The molecule has 0 radical (unpaired) electrons. The van der Waals surface area contributed by atoms with Crippen LogP contribution in [0.1, 0.15) is 47.9 Å². The van der Waals surface area contributed by atoms with Gasteiger partial charge in [0.2, 0.25) is 0 Å². The van der Waals surface area contributed by atoms with Gasteiger partial charge in [0, 0.05) is 0 Å². The molecule has 4 heteroatoms. The van der Waals surface area contributed by atoms with Crippen molar-refractivity contribution in [3.8, 4) is 11.5 Å². The second-order valence-corrected chi connectivity index (χ2v) is 6.69. The Balaban J connectivity index is 2.08. The summed E-state index contributed by atoms with van der Waals surface area (Å²) >= 11 is 0. The van der Waals surface area contributed by atoms with Crippen molar-refractivity contribution in [2.24, 2.45) is 0 Å². The van der Waals surface area contributed by atoms with Gasteiger partial charge in [-0.05, 0) is 37.6 Å². The molecule has 0 saturated carbocycles. The number of carbonyl (C=O) groups excluding carboxylic acids is 1. The van der Waals surface area contributed by atoms with Gasteiger partial charge in [-0.2, -0.15) is 0 Å². The van der Waals surface area contributed by atoms with Crippen LogP contribution in [0.3, 0.4) is 0 Å². The van der Waals surface area contributed by atoms with Gasteiger partial charge in [-0.3, -0.25) is 4.79 Å². The van der Waals surface area contributed by atoms with E-state index in [0.29, 0.717) is 29.0 Å². The fourth-order valence-corrected chi connectivity index (χ4v) is 2.87. The maximum atomic E-state index is 12.6. The van der Waals surface area contributed by atoms with Crippen molar-refractivity contribution in [3.05, 3.63) is 65.2 Å². The van der Waals surface area contributed by atoms with Gasteiger partial charge in [0.25, 0.3) is 0 Å². The SMILES string of the molecule is COc1ccc2c(c1/C=C\C(C)(C)O)OC(c1ccccc1)CC2=O. The Bertz CT molecular complexity index is 801. The molecule has 130 valence electrons. The van der Waals surface area contributed by atoms with Gasteiger partial charge in [-0.15, -0.1) is 0 Å². The molecule has 1 aliphatic rings. The lowest BCUT2D eigenvalue weighted by atomic mass is 9.93. The van der Waals surface area contributed by atoms with Crippen molar-refractivity contribution in [2.75, 3.05) is 7.11 Å². The van der Waals surface area contributed by atoms with Gasteiger partial charge < -0.3 is 14.6 Å². The van der Waals surface area contributed by atoms with Crippen LogP contribution in [0.25, 0.3) is 6.08 Å². The summed E-state index contributed by atoms with van der Waals surface area (Å²) in [5.41, 5.74) is 1.19. The highest BCUT2D eigenvalue weighted by Gasteiger charge is 2.30. The number of hydrogen-bond acceptors (Lipinski definition) is 4. The van der Waals surface area contributed by atoms with Gasteiger partial charge in [0.1, 0.15) is 17.6 Å². The Morgan fingerprint density at radius 2 is 1.92 bits per heavy atom. The van der Waals surface area contributed by atoms with Crippen LogP contribution in [-0.2, 0) is 0 Å². The molecule has 1 heterocycles. The number of hydrogen-bond donors (Lipinski definition) is 1. The third kappa shape index (κ3) is 3.74. The van der Waals surface area contributed by atoms with E-state index in [2.05, 4.69) is 0 Å². The Labute approximate surface area is 147 Å². The number of ketones is 1. The third-order valence-electron chi connectivity index (χ3n) is 4.14. The molecular formula is C21H22O4. The lowest BCUT2D eigenvalue weighted by molar-refractivity contribution is 0.0849. The minimum Gasteiger partial charge on any atom is -0.496 e. The van der Waals surface area contributed by atoms with Crippen molar-refractivity contribution >= 4 is 11.9 Å². The maximum absolute atomic E-state index is 12.6. The van der Waals surface area contributed by atoms with Crippen LogP contribution >= 0.6 is 0 Å². The molecule has 3 rings (SSSR count). The van der Waals surface area contributed by atoms with E-state index < -0.39 is 5.60 Å². The normalized spacial score (nSPS) is 17.3. The average Bonchev–Trinajstić information content (AvgIpc) is 2.59. The van der Waals surface area contributed by atoms with Gasteiger partial charge in [0.05, 0.1) is 30.3 Å². The summed E-state index contributed by atoms with van der Waals surface area (Å²) in [7, 11) is 1.57. The van der Waals surface area contributed by atoms with E-state index in [-0.39, 0.29) is 11.9 Å². The molecule has 1 N–H and O–H groups in total. The van der Waals surface area contributed by atoms with E-state index in [9.17, 15) is 9.90 Å². The summed E-state index contributed by atoms with van der Waals surface area (Å²) in [4.78, 5) is 12.6. The van der Waals surface area contributed by atoms with Crippen LogP contribution < -0.4 is 9.47 Å². The monoisotopic (exact) mass is 338 g/mol. The molecule has 0 bridgehead atoms. The summed E-state index contributed by atoms with van der Waals surface area (Å²) in [5.74, 6) is 1.14. The number of rotatable bonds is 4. The average molecular weight is 338 g/mol. The fourth-order valence-electron chi connectivity index (χ4n) is 2.87. The standard InChI is InChI=1S/C21H22O4/c1-21(2,23)12-11-16-18(24-3)10-9-15-17(22)13-19(25-20(15)16)14-7-5-4-6-8-14/h4-12,19,23H,13H2,1-3H3/b12-11-. The predicted octanol–water partition coefficient (Wildman–Crippen LogP) is 4.19. The zero-order valence-electron chi connectivity index (χ0n) is 14.7. The molecule has 0 aliphatic carbocycles. The molecule has 4 nitrogen and oxygen atoms in total. The first kappa shape index (κ1) is 17.2. The Morgan fingerprint density at radius 3 is 2.56 bits per heavy atom. The molecule has 25 heavy (non-hydrogen) atoms. The van der Waals surface area contributed by atoms with E-state index in [0.717, 1.165) is 5.56 Å². The minimum absolute atomic E-state index is 0.0377. The number of carbonyl (C=O) groups is 1. The summed E-state index contributed by atoms with van der Waals surface area (Å²) in [6, 6.07) is 13.2. The van der Waals surface area contributed by atoms with Crippen LogP contribution in [0.4, 0.5) is 0 Å². The first-order valence-electron chi connectivity index (χ1n) is 8.26. The Morgan fingerprint density at radius 1 is 1.20 bits per heavy atom. The number of benzene rings is 2. The van der Waals surface area contributed by atoms with E-state index in [1.165, 1.54) is 0 Å². The van der Waals surface area contributed by atoms with Crippen molar-refractivity contribution < 1.29 is 19.4 Å². The molecule has 0 spiro atoms. The molecule has 1 aliphatic heterocycles. The summed E-state index contributed by atoms with van der Waals surface area (Å²) in [6.07, 6.45) is 3.38. The topological polar surface area (TPSA) is 55.8 Å². The van der Waals surface area contributed by atoms with Crippen LogP contribution in [0, 0.1) is 0 Å². The highest BCUT2D eigenvalue weighted by molar-refractivity contribution is 6.01. The first-order valence-corrected chi connectivity index (χ1v) is 8.26. The van der Waals surface area contributed by atoms with Crippen molar-refractivity contribution in [1.29, 1.82) is 0 Å². The molecule has 0 saturated heterocycles. The maximum Gasteiger partial charge on any atom is 0.170 e. The van der Waals surface area contributed by atoms with Crippen LogP contribution in [-0.4, -0.2) is 23.6 Å². The highest BCUT2D eigenvalue weighted by atomic mass is 16.5. The molecule has 0 amide bonds. The van der Waals surface area contributed by atoms with Gasteiger partial charge in [0.15, 0.2) is 5.78 Å². The zero-order valence-corrected chi connectivity index (χ0v) is 14.7. The molecule has 1 unspecified atom stereocenters. The lowest BCUT2D eigenvalue weighted by Crippen LogP contribution is -2.21. The van der Waals surface area contributed by atoms with Crippen LogP contribution in [0.2, 0.25) is 0 Å². The zero-order chi connectivity index (χ0) is 18.0. The number of methoxy groups -OCH3 is 1.